The number of halogens is 2. The van der Waals surface area contributed by atoms with E-state index >= 15 is 0 Å². The number of benzene rings is 2. The highest BCUT2D eigenvalue weighted by Crippen LogP contribution is 2.43. The summed E-state index contributed by atoms with van der Waals surface area (Å²) >= 11 is 0. The molecule has 162 valence electrons. The second kappa shape index (κ2) is 7.30. The zero-order chi connectivity index (χ0) is 21.8. The van der Waals surface area contributed by atoms with Crippen LogP contribution >= 0.6 is 0 Å². The van der Waals surface area contributed by atoms with Crippen molar-refractivity contribution in [1.82, 2.24) is 19.7 Å². The number of likely N-dealkylation sites (tertiary alicyclic amines) is 1. The lowest BCUT2D eigenvalue weighted by Gasteiger charge is -2.62. The summed E-state index contributed by atoms with van der Waals surface area (Å²) in [5.41, 5.74) is 3.89. The van der Waals surface area contributed by atoms with Crippen LogP contribution in [0.2, 0.25) is 0 Å². The normalized spacial score (nSPS) is 17.7. The maximum atomic E-state index is 13.5. The molecule has 2 saturated heterocycles. The summed E-state index contributed by atoms with van der Waals surface area (Å²) in [6.45, 7) is 11.0. The molecule has 2 aliphatic rings. The van der Waals surface area contributed by atoms with Crippen molar-refractivity contribution < 1.29 is 8.78 Å². The standard InChI is InChI=1S/C23H26F2N6/c1-15(2)29-10-23(11-29)12-30(13-23)19-5-4-16(3)21(9-19)27-22-26-14-31(28-22)20-7-17(24)6-18(25)8-20/h4-9,14-15H,10-13H2,1-3H3,(H,27,28). The van der Waals surface area contributed by atoms with Gasteiger partial charge in [-0.3, -0.25) is 4.90 Å². The van der Waals surface area contributed by atoms with Crippen molar-refractivity contribution in [1.29, 1.82) is 0 Å². The molecule has 1 aromatic heterocycles. The lowest BCUT2D eigenvalue weighted by atomic mass is 9.72. The summed E-state index contributed by atoms with van der Waals surface area (Å²) in [5.74, 6) is -0.936. The fourth-order valence-electron chi connectivity index (χ4n) is 4.50. The molecule has 1 N–H and O–H groups in total. The second-order valence-electron chi connectivity index (χ2n) is 9.12. The molecule has 3 aromatic rings. The van der Waals surface area contributed by atoms with Crippen LogP contribution in [0.4, 0.5) is 26.1 Å². The van der Waals surface area contributed by atoms with Crippen LogP contribution in [0.25, 0.3) is 5.69 Å². The van der Waals surface area contributed by atoms with Gasteiger partial charge in [0.15, 0.2) is 0 Å². The molecule has 2 fully saturated rings. The number of aromatic nitrogens is 3. The first-order chi connectivity index (χ1) is 14.8. The van der Waals surface area contributed by atoms with Gasteiger partial charge in [0.05, 0.1) is 5.69 Å². The summed E-state index contributed by atoms with van der Waals surface area (Å²) in [5, 5.41) is 7.56. The molecule has 3 heterocycles. The lowest BCUT2D eigenvalue weighted by molar-refractivity contribution is -0.0411. The number of anilines is 3. The van der Waals surface area contributed by atoms with Crippen LogP contribution in [0.5, 0.6) is 0 Å². The van der Waals surface area contributed by atoms with Crippen molar-refractivity contribution in [3.63, 3.8) is 0 Å². The lowest BCUT2D eigenvalue weighted by Crippen LogP contribution is -2.73. The van der Waals surface area contributed by atoms with Crippen LogP contribution in [0.15, 0.2) is 42.7 Å². The van der Waals surface area contributed by atoms with Crippen LogP contribution in [0, 0.1) is 24.0 Å². The molecule has 0 saturated carbocycles. The van der Waals surface area contributed by atoms with Crippen LogP contribution in [-0.2, 0) is 0 Å². The Morgan fingerprint density at radius 3 is 2.35 bits per heavy atom. The average Bonchev–Trinajstić information content (AvgIpc) is 3.09. The van der Waals surface area contributed by atoms with E-state index in [4.69, 9.17) is 0 Å². The van der Waals surface area contributed by atoms with Crippen LogP contribution in [-0.4, -0.2) is 51.9 Å². The highest BCUT2D eigenvalue weighted by atomic mass is 19.1. The van der Waals surface area contributed by atoms with E-state index in [2.05, 4.69) is 57.2 Å². The van der Waals surface area contributed by atoms with E-state index in [1.807, 2.05) is 6.92 Å². The Morgan fingerprint density at radius 2 is 1.68 bits per heavy atom. The third-order valence-electron chi connectivity index (χ3n) is 6.30. The number of nitrogens with zero attached hydrogens (tertiary/aromatic N) is 5. The van der Waals surface area contributed by atoms with E-state index in [1.54, 1.807) is 0 Å². The van der Waals surface area contributed by atoms with E-state index in [1.165, 1.54) is 41.9 Å². The minimum atomic E-state index is -0.654. The minimum Gasteiger partial charge on any atom is -0.370 e. The van der Waals surface area contributed by atoms with Gasteiger partial charge in [0.25, 0.3) is 0 Å². The van der Waals surface area contributed by atoms with E-state index in [9.17, 15) is 8.78 Å². The second-order valence-corrected chi connectivity index (χ2v) is 9.12. The van der Waals surface area contributed by atoms with Crippen LogP contribution < -0.4 is 10.2 Å². The number of hydrogen-bond donors (Lipinski definition) is 1. The van der Waals surface area contributed by atoms with E-state index in [0.717, 1.165) is 30.4 Å². The van der Waals surface area contributed by atoms with Crippen LogP contribution in [0.1, 0.15) is 19.4 Å². The SMILES string of the molecule is Cc1ccc(N2CC3(C2)CN(C(C)C)C3)cc1Nc1ncn(-c2cc(F)cc(F)c2)n1. The predicted octanol–water partition coefficient (Wildman–Crippen LogP) is 4.13. The summed E-state index contributed by atoms with van der Waals surface area (Å²) in [7, 11) is 0. The first-order valence-electron chi connectivity index (χ1n) is 10.6. The summed E-state index contributed by atoms with van der Waals surface area (Å²) in [6.07, 6.45) is 1.44. The Labute approximate surface area is 180 Å². The largest absolute Gasteiger partial charge is 0.370 e. The fraction of sp³-hybridized carbons (Fsp3) is 0.391. The molecule has 0 radical (unpaired) electrons. The molecule has 1 spiro atoms. The highest BCUT2D eigenvalue weighted by Gasteiger charge is 2.52. The molecule has 8 heteroatoms. The van der Waals surface area contributed by atoms with Gasteiger partial charge in [0, 0.05) is 55.1 Å². The van der Waals surface area contributed by atoms with Gasteiger partial charge in [-0.05, 0) is 50.6 Å². The van der Waals surface area contributed by atoms with Crippen LogP contribution in [0.3, 0.4) is 0 Å². The molecular formula is C23H26F2N6. The molecule has 0 aliphatic carbocycles. The van der Waals surface area contributed by atoms with Crippen molar-refractivity contribution in [3.05, 3.63) is 59.9 Å². The molecule has 5 rings (SSSR count). The van der Waals surface area contributed by atoms with Gasteiger partial charge in [0.2, 0.25) is 5.95 Å². The third kappa shape index (κ3) is 3.76. The van der Waals surface area contributed by atoms with E-state index < -0.39 is 11.6 Å². The molecule has 0 amide bonds. The molecule has 31 heavy (non-hydrogen) atoms. The van der Waals surface area contributed by atoms with Gasteiger partial charge >= 0.3 is 0 Å². The first kappa shape index (κ1) is 19.9. The molecule has 2 aromatic carbocycles. The molecule has 0 unspecified atom stereocenters. The Kier molecular flexibility index (Phi) is 4.69. The maximum absolute atomic E-state index is 13.5. The Bertz CT molecular complexity index is 1090. The molecule has 2 aliphatic heterocycles. The third-order valence-corrected chi connectivity index (χ3v) is 6.30. The van der Waals surface area contributed by atoms with Crippen molar-refractivity contribution in [2.75, 3.05) is 36.4 Å². The van der Waals surface area contributed by atoms with E-state index in [-0.39, 0.29) is 5.69 Å². The Morgan fingerprint density at radius 1 is 0.968 bits per heavy atom. The summed E-state index contributed by atoms with van der Waals surface area (Å²) < 4.78 is 28.4. The van der Waals surface area contributed by atoms with Gasteiger partial charge in [-0.25, -0.2) is 13.5 Å². The summed E-state index contributed by atoms with van der Waals surface area (Å²) in [6, 6.07) is 10.2. The number of rotatable bonds is 5. The topological polar surface area (TPSA) is 49.2 Å². The molecule has 0 bridgehead atoms. The van der Waals surface area contributed by atoms with Crippen molar-refractivity contribution >= 4 is 17.3 Å². The van der Waals surface area contributed by atoms with Gasteiger partial charge < -0.3 is 10.2 Å². The fourth-order valence-corrected chi connectivity index (χ4v) is 4.50. The number of hydrogen-bond acceptors (Lipinski definition) is 5. The zero-order valence-electron chi connectivity index (χ0n) is 17.9. The molecule has 0 atom stereocenters. The maximum Gasteiger partial charge on any atom is 0.246 e. The predicted molar refractivity (Wildman–Crippen MR) is 117 cm³/mol. The highest BCUT2D eigenvalue weighted by molar-refractivity contribution is 5.67. The number of aryl methyl sites for hydroxylation is 1. The quantitative estimate of drug-likeness (QED) is 0.668. The van der Waals surface area contributed by atoms with Crippen molar-refractivity contribution in [2.24, 2.45) is 5.41 Å². The van der Waals surface area contributed by atoms with E-state index in [0.29, 0.717) is 17.4 Å². The Balaban J connectivity index is 1.28. The van der Waals surface area contributed by atoms with Gasteiger partial charge in [0.1, 0.15) is 18.0 Å². The van der Waals surface area contributed by atoms with Gasteiger partial charge in [-0.1, -0.05) is 6.07 Å². The summed E-state index contributed by atoms with van der Waals surface area (Å²) in [4.78, 5) is 9.17. The zero-order valence-corrected chi connectivity index (χ0v) is 17.9. The van der Waals surface area contributed by atoms with Crippen molar-refractivity contribution in [3.8, 4) is 5.69 Å². The Hall–Kier alpha value is -3.00. The average molecular weight is 424 g/mol. The van der Waals surface area contributed by atoms with Crippen molar-refractivity contribution in [2.45, 2.75) is 26.8 Å². The van der Waals surface area contributed by atoms with Gasteiger partial charge in [-0.15, -0.1) is 5.10 Å². The smallest absolute Gasteiger partial charge is 0.246 e. The molecule has 6 nitrogen and oxygen atoms in total. The monoisotopic (exact) mass is 424 g/mol. The number of nitrogens with one attached hydrogen (secondary N) is 1. The van der Waals surface area contributed by atoms with Gasteiger partial charge in [-0.2, -0.15) is 4.98 Å². The first-order valence-corrected chi connectivity index (χ1v) is 10.6. The minimum absolute atomic E-state index is 0.283. The molecular weight excluding hydrogens is 398 g/mol.